The maximum Gasteiger partial charge on any atom is 0.162 e. The number of nitriles is 1. The van der Waals surface area contributed by atoms with Gasteiger partial charge in [0.05, 0.1) is 18.8 Å². The Morgan fingerprint density at radius 2 is 1.72 bits per heavy atom. The smallest absolute Gasteiger partial charge is 0.162 e. The Labute approximate surface area is 196 Å². The van der Waals surface area contributed by atoms with Gasteiger partial charge in [0.15, 0.2) is 11.5 Å². The minimum Gasteiger partial charge on any atom is -0.493 e. The predicted octanol–water partition coefficient (Wildman–Crippen LogP) is 7.56. The first-order chi connectivity index (χ1) is 15.6. The van der Waals surface area contributed by atoms with E-state index in [1.165, 1.54) is 10.8 Å². The van der Waals surface area contributed by atoms with Crippen molar-refractivity contribution in [3.63, 3.8) is 0 Å². The van der Waals surface area contributed by atoms with Crippen LogP contribution in [-0.4, -0.2) is 7.11 Å². The van der Waals surface area contributed by atoms with E-state index in [4.69, 9.17) is 9.47 Å². The molecule has 158 valence electrons. The molecule has 0 atom stereocenters. The highest BCUT2D eigenvalue weighted by Crippen LogP contribution is 2.36. The molecule has 0 amide bonds. The summed E-state index contributed by atoms with van der Waals surface area (Å²) in [5, 5.41) is 12.0. The largest absolute Gasteiger partial charge is 0.493 e. The van der Waals surface area contributed by atoms with Crippen molar-refractivity contribution in [3.8, 4) is 17.6 Å². The van der Waals surface area contributed by atoms with Crippen LogP contribution in [0.5, 0.6) is 11.5 Å². The van der Waals surface area contributed by atoms with Crippen LogP contribution in [0.2, 0.25) is 0 Å². The van der Waals surface area contributed by atoms with Gasteiger partial charge in [0.25, 0.3) is 0 Å². The zero-order valence-corrected chi connectivity index (χ0v) is 19.5. The summed E-state index contributed by atoms with van der Waals surface area (Å²) in [7, 11) is 1.62. The van der Waals surface area contributed by atoms with E-state index in [1.54, 1.807) is 7.11 Å². The molecule has 0 N–H and O–H groups in total. The average Bonchev–Trinajstić information content (AvgIpc) is 2.82. The number of allylic oxidation sites excluding steroid dienone is 1. The van der Waals surface area contributed by atoms with Gasteiger partial charge in [0, 0.05) is 4.47 Å². The van der Waals surface area contributed by atoms with E-state index in [-0.39, 0.29) is 0 Å². The Morgan fingerprint density at radius 3 is 2.47 bits per heavy atom. The summed E-state index contributed by atoms with van der Waals surface area (Å²) < 4.78 is 12.6. The number of hydrogen-bond acceptors (Lipinski definition) is 3. The molecule has 4 heteroatoms. The van der Waals surface area contributed by atoms with E-state index < -0.39 is 0 Å². The normalized spacial score (nSPS) is 11.2. The zero-order chi connectivity index (χ0) is 22.5. The van der Waals surface area contributed by atoms with Crippen LogP contribution in [0.3, 0.4) is 0 Å². The maximum atomic E-state index is 9.69. The van der Waals surface area contributed by atoms with Gasteiger partial charge in [0.2, 0.25) is 0 Å². The molecule has 32 heavy (non-hydrogen) atoms. The lowest BCUT2D eigenvalue weighted by Gasteiger charge is -2.14. The van der Waals surface area contributed by atoms with Crippen molar-refractivity contribution in [2.45, 2.75) is 13.5 Å². The second kappa shape index (κ2) is 9.72. The maximum absolute atomic E-state index is 9.69. The van der Waals surface area contributed by atoms with Gasteiger partial charge in [-0.2, -0.15) is 5.26 Å². The molecule has 4 rings (SSSR count). The third kappa shape index (κ3) is 4.69. The van der Waals surface area contributed by atoms with Crippen LogP contribution in [0, 0.1) is 18.3 Å². The first kappa shape index (κ1) is 21.7. The quantitative estimate of drug-likeness (QED) is 0.210. The SMILES string of the molecule is COc1cc(/C=C(/C#N)c2ccc(C)cc2)c(Br)cc1OCc1cccc2ccccc12. The highest BCUT2D eigenvalue weighted by atomic mass is 79.9. The van der Waals surface area contributed by atoms with E-state index in [0.29, 0.717) is 23.7 Å². The first-order valence-electron chi connectivity index (χ1n) is 10.2. The summed E-state index contributed by atoms with van der Waals surface area (Å²) >= 11 is 3.63. The van der Waals surface area contributed by atoms with Gasteiger partial charge in [-0.3, -0.25) is 0 Å². The number of nitrogens with zero attached hydrogens (tertiary/aromatic N) is 1. The van der Waals surface area contributed by atoms with Crippen molar-refractivity contribution in [2.75, 3.05) is 7.11 Å². The molecule has 3 nitrogen and oxygen atoms in total. The van der Waals surface area contributed by atoms with Gasteiger partial charge >= 0.3 is 0 Å². The molecule has 0 heterocycles. The van der Waals surface area contributed by atoms with Crippen LogP contribution in [0.25, 0.3) is 22.4 Å². The lowest BCUT2D eigenvalue weighted by atomic mass is 10.0. The van der Waals surface area contributed by atoms with Crippen molar-refractivity contribution < 1.29 is 9.47 Å². The fraction of sp³-hybridized carbons (Fsp3) is 0.107. The molecule has 0 aliphatic heterocycles. The monoisotopic (exact) mass is 483 g/mol. The topological polar surface area (TPSA) is 42.2 Å². The molecule has 0 spiro atoms. The molecule has 0 fully saturated rings. The molecule has 0 saturated heterocycles. The molecule has 0 aliphatic rings. The third-order valence-corrected chi connectivity index (χ3v) is 6.02. The highest BCUT2D eigenvalue weighted by Gasteiger charge is 2.12. The van der Waals surface area contributed by atoms with E-state index in [0.717, 1.165) is 26.7 Å². The van der Waals surface area contributed by atoms with Gasteiger partial charge in [-0.25, -0.2) is 0 Å². The number of hydrogen-bond donors (Lipinski definition) is 0. The molecule has 4 aromatic rings. The standard InChI is InChI=1S/C28H22BrNO2/c1-19-10-12-20(13-11-19)24(17-30)14-23-15-27(31-2)28(16-26(23)29)32-18-22-8-5-7-21-6-3-4-9-25(21)22/h3-16H,18H2,1-2H3/b24-14-. The van der Waals surface area contributed by atoms with Crippen LogP contribution < -0.4 is 9.47 Å². The summed E-state index contributed by atoms with van der Waals surface area (Å²) in [6.07, 6.45) is 1.85. The molecule has 4 aromatic carbocycles. The summed E-state index contributed by atoms with van der Waals surface area (Å²) in [4.78, 5) is 0. The van der Waals surface area contributed by atoms with Crippen LogP contribution >= 0.6 is 15.9 Å². The van der Waals surface area contributed by atoms with E-state index in [1.807, 2.05) is 67.6 Å². The lowest BCUT2D eigenvalue weighted by Crippen LogP contribution is -1.99. The minimum atomic E-state index is 0.423. The summed E-state index contributed by atoms with van der Waals surface area (Å²) in [5.74, 6) is 1.25. The summed E-state index contributed by atoms with van der Waals surface area (Å²) in [5.41, 5.74) is 4.56. The van der Waals surface area contributed by atoms with E-state index in [2.05, 4.69) is 46.3 Å². The second-order valence-corrected chi connectivity index (χ2v) is 8.34. The Hall–Kier alpha value is -3.55. The average molecular weight is 484 g/mol. The molecule has 0 radical (unpaired) electrons. The lowest BCUT2D eigenvalue weighted by molar-refractivity contribution is 0.285. The van der Waals surface area contributed by atoms with Crippen LogP contribution in [0.4, 0.5) is 0 Å². The van der Waals surface area contributed by atoms with Gasteiger partial charge in [-0.15, -0.1) is 0 Å². The number of aryl methyl sites for hydroxylation is 1. The molecular weight excluding hydrogens is 462 g/mol. The van der Waals surface area contributed by atoms with Crippen LogP contribution in [-0.2, 0) is 6.61 Å². The Kier molecular flexibility index (Phi) is 6.58. The molecule has 0 aliphatic carbocycles. The highest BCUT2D eigenvalue weighted by molar-refractivity contribution is 9.10. The number of fused-ring (bicyclic) bond motifs is 1. The van der Waals surface area contributed by atoms with Gasteiger partial charge in [-0.05, 0) is 52.6 Å². The molecular formula is C28H22BrNO2. The number of benzene rings is 4. The number of ether oxygens (including phenoxy) is 2. The van der Waals surface area contributed by atoms with Crippen LogP contribution in [0.15, 0.2) is 83.3 Å². The second-order valence-electron chi connectivity index (χ2n) is 7.49. The molecule has 0 aromatic heterocycles. The predicted molar refractivity (Wildman–Crippen MR) is 134 cm³/mol. The van der Waals surface area contributed by atoms with Gasteiger partial charge in [-0.1, -0.05) is 88.2 Å². The van der Waals surface area contributed by atoms with Crippen molar-refractivity contribution in [3.05, 3.63) is 106 Å². The third-order valence-electron chi connectivity index (χ3n) is 5.33. The number of methoxy groups -OCH3 is 1. The number of rotatable bonds is 6. The van der Waals surface area contributed by atoms with Crippen molar-refractivity contribution in [1.82, 2.24) is 0 Å². The molecule has 0 unspecified atom stereocenters. The Morgan fingerprint density at radius 1 is 0.969 bits per heavy atom. The Bertz CT molecular complexity index is 1330. The molecule has 0 bridgehead atoms. The summed E-state index contributed by atoms with van der Waals surface area (Å²) in [6.45, 7) is 2.45. The Balaban J connectivity index is 1.63. The molecule has 0 saturated carbocycles. The van der Waals surface area contributed by atoms with Crippen LogP contribution in [0.1, 0.15) is 22.3 Å². The zero-order valence-electron chi connectivity index (χ0n) is 17.9. The van der Waals surface area contributed by atoms with Crippen molar-refractivity contribution >= 4 is 38.4 Å². The van der Waals surface area contributed by atoms with Crippen molar-refractivity contribution in [1.29, 1.82) is 5.26 Å². The van der Waals surface area contributed by atoms with Gasteiger partial charge in [0.1, 0.15) is 6.61 Å². The first-order valence-corrected chi connectivity index (χ1v) is 11.0. The van der Waals surface area contributed by atoms with Gasteiger partial charge < -0.3 is 9.47 Å². The summed E-state index contributed by atoms with van der Waals surface area (Å²) in [6, 6.07) is 28.4. The van der Waals surface area contributed by atoms with Crippen molar-refractivity contribution in [2.24, 2.45) is 0 Å². The van der Waals surface area contributed by atoms with E-state index >= 15 is 0 Å². The fourth-order valence-corrected chi connectivity index (χ4v) is 4.01. The van der Waals surface area contributed by atoms with E-state index in [9.17, 15) is 5.26 Å². The minimum absolute atomic E-state index is 0.423. The fourth-order valence-electron chi connectivity index (χ4n) is 3.58. The number of halogens is 1.